The molecule has 28 heavy (non-hydrogen) atoms. The average molecular weight is 403 g/mol. The Bertz CT molecular complexity index is 505. The van der Waals surface area contributed by atoms with Crippen LogP contribution in [0.5, 0.6) is 5.75 Å². The maximum Gasteiger partial charge on any atom is 0.290 e. The van der Waals surface area contributed by atoms with Crippen LogP contribution in [0.25, 0.3) is 0 Å². The molecule has 0 fully saturated rings. The highest BCUT2D eigenvalue weighted by molar-refractivity contribution is 5.44. The van der Waals surface area contributed by atoms with Crippen molar-refractivity contribution in [1.82, 2.24) is 14.7 Å². The molecule has 0 atom stereocenters. The predicted molar refractivity (Wildman–Crippen MR) is 106 cm³/mol. The number of rotatable bonds is 6. The quantitative estimate of drug-likeness (QED) is 0.501. The number of benzene rings is 1. The average Bonchev–Trinajstić information content (AvgIpc) is 2.52. The molecular formula is C18H33N3O7. The fraction of sp³-hybridized carbons (Fsp3) is 0.500. The Morgan fingerprint density at radius 2 is 0.929 bits per heavy atom. The highest BCUT2D eigenvalue weighted by Crippen LogP contribution is 2.27. The Balaban J connectivity index is -0.000000588. The van der Waals surface area contributed by atoms with Crippen molar-refractivity contribution in [3.05, 3.63) is 28.8 Å². The normalized spacial score (nSPS) is 9.32. The van der Waals surface area contributed by atoms with Crippen molar-refractivity contribution >= 4 is 19.4 Å². The summed E-state index contributed by atoms with van der Waals surface area (Å²) in [5.74, 6) is 0.435. The topological polar surface area (TPSA) is 142 Å². The van der Waals surface area contributed by atoms with Crippen molar-refractivity contribution in [1.29, 1.82) is 0 Å². The summed E-state index contributed by atoms with van der Waals surface area (Å²) in [5, 5.41) is 31.0. The zero-order chi connectivity index (χ0) is 22.7. The van der Waals surface area contributed by atoms with Crippen molar-refractivity contribution in [2.75, 3.05) is 42.3 Å². The molecule has 0 aliphatic rings. The summed E-state index contributed by atoms with van der Waals surface area (Å²) in [6.45, 7) is 1.65. The Kier molecular flexibility index (Phi) is 20.5. The van der Waals surface area contributed by atoms with E-state index in [0.29, 0.717) is 5.75 Å². The Labute approximate surface area is 166 Å². The number of aromatic hydroxyl groups is 1. The van der Waals surface area contributed by atoms with Crippen LogP contribution in [0.2, 0.25) is 0 Å². The molecule has 0 spiro atoms. The second-order valence-electron chi connectivity index (χ2n) is 6.29. The lowest BCUT2D eigenvalue weighted by Gasteiger charge is -2.19. The van der Waals surface area contributed by atoms with E-state index in [0.717, 1.165) is 30.8 Å². The van der Waals surface area contributed by atoms with E-state index in [-0.39, 0.29) is 19.4 Å². The summed E-state index contributed by atoms with van der Waals surface area (Å²) in [6.07, 6.45) is 0. The van der Waals surface area contributed by atoms with Crippen molar-refractivity contribution < 1.29 is 34.8 Å². The minimum Gasteiger partial charge on any atom is -0.507 e. The predicted octanol–water partition coefficient (Wildman–Crippen LogP) is 0.679. The Morgan fingerprint density at radius 3 is 1.14 bits per heavy atom. The summed E-state index contributed by atoms with van der Waals surface area (Å²) in [5.41, 5.74) is 3.25. The van der Waals surface area contributed by atoms with Crippen LogP contribution in [0.4, 0.5) is 0 Å². The monoisotopic (exact) mass is 403 g/mol. The Hall–Kier alpha value is -2.69. The van der Waals surface area contributed by atoms with Crippen LogP contribution in [0.3, 0.4) is 0 Å². The Morgan fingerprint density at radius 1 is 0.679 bits per heavy atom. The molecule has 0 saturated carbocycles. The first-order valence-electron chi connectivity index (χ1n) is 8.05. The number of hydrogen-bond donors (Lipinski definition) is 4. The van der Waals surface area contributed by atoms with Gasteiger partial charge in [-0.05, 0) is 60.0 Å². The van der Waals surface area contributed by atoms with Gasteiger partial charge in [0.15, 0.2) is 0 Å². The number of carbonyl (C=O) groups is 3. The number of phenolic OH excluding ortho intramolecular Hbond substituents is 1. The van der Waals surface area contributed by atoms with Gasteiger partial charge >= 0.3 is 0 Å². The molecule has 0 aliphatic carbocycles. The lowest BCUT2D eigenvalue weighted by molar-refractivity contribution is -0.123. The number of nitrogens with zero attached hydrogens (tertiary/aromatic N) is 3. The molecule has 0 unspecified atom stereocenters. The van der Waals surface area contributed by atoms with Gasteiger partial charge in [0.05, 0.1) is 0 Å². The highest BCUT2D eigenvalue weighted by Gasteiger charge is 2.12. The van der Waals surface area contributed by atoms with Gasteiger partial charge in [-0.25, -0.2) is 0 Å². The van der Waals surface area contributed by atoms with Crippen molar-refractivity contribution in [3.63, 3.8) is 0 Å². The second-order valence-corrected chi connectivity index (χ2v) is 6.29. The molecule has 0 amide bonds. The van der Waals surface area contributed by atoms with E-state index in [9.17, 15) is 5.11 Å². The lowest BCUT2D eigenvalue weighted by atomic mass is 10.0. The van der Waals surface area contributed by atoms with E-state index in [4.69, 9.17) is 29.7 Å². The highest BCUT2D eigenvalue weighted by atomic mass is 16.4. The minimum atomic E-state index is -0.250. The molecule has 4 N–H and O–H groups in total. The van der Waals surface area contributed by atoms with Gasteiger partial charge in [-0.3, -0.25) is 14.4 Å². The summed E-state index contributed by atoms with van der Waals surface area (Å²) in [7, 11) is 12.2. The first-order valence-corrected chi connectivity index (χ1v) is 8.05. The third-order valence-corrected chi connectivity index (χ3v) is 2.80. The molecule has 0 bridgehead atoms. The zero-order valence-electron chi connectivity index (χ0n) is 17.4. The second kappa shape index (κ2) is 19.1. The molecule has 0 saturated heterocycles. The van der Waals surface area contributed by atoms with E-state index >= 15 is 0 Å². The molecule has 0 radical (unpaired) electrons. The first kappa shape index (κ1) is 30.1. The SMILES string of the molecule is CN(C)Cc1cc(CN(C)C)c(O)c(CN(C)C)c1.O=CO.O=CO.O=CO. The molecule has 10 heteroatoms. The fourth-order valence-electron chi connectivity index (χ4n) is 2.21. The standard InChI is InChI=1S/C15H27N3O.3CH2O2/c1-16(2)9-12-7-13(10-17(3)4)15(19)14(8-12)11-18(5)6;3*2-1-3/h7-8,19H,9-11H2,1-6H3;3*1H,(H,2,3). The minimum absolute atomic E-state index is 0.250. The van der Waals surface area contributed by atoms with Gasteiger partial charge in [0.25, 0.3) is 19.4 Å². The zero-order valence-corrected chi connectivity index (χ0v) is 17.4. The van der Waals surface area contributed by atoms with E-state index < -0.39 is 0 Å². The summed E-state index contributed by atoms with van der Waals surface area (Å²) in [6, 6.07) is 4.21. The number of phenols is 1. The van der Waals surface area contributed by atoms with Gasteiger partial charge < -0.3 is 35.1 Å². The van der Waals surface area contributed by atoms with Crippen LogP contribution in [-0.2, 0) is 34.0 Å². The lowest BCUT2D eigenvalue weighted by Crippen LogP contribution is -2.16. The molecular weight excluding hydrogens is 370 g/mol. The van der Waals surface area contributed by atoms with Gasteiger partial charge in [0, 0.05) is 30.8 Å². The van der Waals surface area contributed by atoms with Crippen LogP contribution >= 0.6 is 0 Å². The van der Waals surface area contributed by atoms with Gasteiger partial charge in [-0.2, -0.15) is 0 Å². The van der Waals surface area contributed by atoms with Crippen LogP contribution in [0.1, 0.15) is 16.7 Å². The summed E-state index contributed by atoms with van der Waals surface area (Å²) < 4.78 is 0. The van der Waals surface area contributed by atoms with Crippen molar-refractivity contribution in [2.45, 2.75) is 19.6 Å². The van der Waals surface area contributed by atoms with Gasteiger partial charge in [0.1, 0.15) is 5.75 Å². The molecule has 0 heterocycles. The van der Waals surface area contributed by atoms with Gasteiger partial charge in [-0.1, -0.05) is 0 Å². The summed E-state index contributed by atoms with van der Waals surface area (Å²) in [4.78, 5) is 31.4. The van der Waals surface area contributed by atoms with E-state index in [1.165, 1.54) is 5.56 Å². The van der Waals surface area contributed by atoms with E-state index in [2.05, 4.69) is 40.9 Å². The molecule has 0 aromatic heterocycles. The van der Waals surface area contributed by atoms with Crippen LogP contribution < -0.4 is 0 Å². The maximum absolute atomic E-state index is 10.4. The molecule has 10 nitrogen and oxygen atoms in total. The first-order chi connectivity index (χ1) is 13.0. The van der Waals surface area contributed by atoms with Crippen LogP contribution in [0.15, 0.2) is 12.1 Å². The molecule has 0 aliphatic heterocycles. The van der Waals surface area contributed by atoms with Crippen molar-refractivity contribution in [2.24, 2.45) is 0 Å². The van der Waals surface area contributed by atoms with E-state index in [1.54, 1.807) is 0 Å². The number of hydrogen-bond acceptors (Lipinski definition) is 7. The van der Waals surface area contributed by atoms with Gasteiger partial charge in [0.2, 0.25) is 0 Å². The third kappa shape index (κ3) is 18.1. The fourth-order valence-corrected chi connectivity index (χ4v) is 2.21. The van der Waals surface area contributed by atoms with Crippen molar-refractivity contribution in [3.8, 4) is 5.75 Å². The third-order valence-electron chi connectivity index (χ3n) is 2.80. The number of carboxylic acid groups (broad SMARTS) is 3. The maximum atomic E-state index is 10.4. The molecule has 1 rings (SSSR count). The molecule has 1 aromatic carbocycles. The molecule has 162 valence electrons. The van der Waals surface area contributed by atoms with E-state index in [1.807, 2.05) is 28.2 Å². The van der Waals surface area contributed by atoms with Crippen LogP contribution in [-0.4, -0.2) is 96.8 Å². The smallest absolute Gasteiger partial charge is 0.290 e. The molecule has 1 aromatic rings. The largest absolute Gasteiger partial charge is 0.507 e. The van der Waals surface area contributed by atoms with Crippen LogP contribution in [0, 0.1) is 0 Å². The van der Waals surface area contributed by atoms with Gasteiger partial charge in [-0.15, -0.1) is 0 Å². The summed E-state index contributed by atoms with van der Waals surface area (Å²) >= 11 is 0.